The van der Waals surface area contributed by atoms with Crippen LogP contribution in [0.3, 0.4) is 0 Å². The quantitative estimate of drug-likeness (QED) is 0.620. The summed E-state index contributed by atoms with van der Waals surface area (Å²) in [4.78, 5) is 0. The second-order valence-electron chi connectivity index (χ2n) is 4.71. The molecule has 2 heteroatoms. The second-order valence-corrected chi connectivity index (χ2v) is 4.71. The summed E-state index contributed by atoms with van der Waals surface area (Å²) in [6.07, 6.45) is 5.43. The first-order valence-corrected chi connectivity index (χ1v) is 6.55. The molecule has 0 rings (SSSR count). The maximum absolute atomic E-state index is 9.62. The van der Waals surface area contributed by atoms with Gasteiger partial charge in [0.15, 0.2) is 0 Å². The Hall–Kier alpha value is -0.0800. The van der Waals surface area contributed by atoms with Crippen molar-refractivity contribution in [3.05, 3.63) is 0 Å². The lowest BCUT2D eigenvalue weighted by Gasteiger charge is -2.22. The Bertz CT molecular complexity index is 138. The van der Waals surface area contributed by atoms with Crippen LogP contribution in [0.2, 0.25) is 0 Å². The maximum Gasteiger partial charge on any atom is 0.0664 e. The van der Waals surface area contributed by atoms with Crippen LogP contribution in [0.15, 0.2) is 0 Å². The summed E-state index contributed by atoms with van der Waals surface area (Å²) in [5.41, 5.74) is 0. The zero-order chi connectivity index (χ0) is 11.7. The number of hydrogen-bond donors (Lipinski definition) is 2. The Balaban J connectivity index is 3.69. The molecule has 2 N–H and O–H groups in total. The van der Waals surface area contributed by atoms with E-state index in [2.05, 4.69) is 33.0 Å². The number of nitrogens with one attached hydrogen (secondary N) is 1. The third-order valence-electron chi connectivity index (χ3n) is 3.14. The van der Waals surface area contributed by atoms with E-state index in [0.717, 1.165) is 31.7 Å². The van der Waals surface area contributed by atoms with E-state index in [-0.39, 0.29) is 6.10 Å². The summed E-state index contributed by atoms with van der Waals surface area (Å²) in [5.74, 6) is 0.783. The summed E-state index contributed by atoms with van der Waals surface area (Å²) < 4.78 is 0. The summed E-state index contributed by atoms with van der Waals surface area (Å²) in [7, 11) is 0. The first kappa shape index (κ1) is 14.9. The molecule has 3 atom stereocenters. The molecule has 0 fully saturated rings. The van der Waals surface area contributed by atoms with Crippen molar-refractivity contribution in [3.8, 4) is 0 Å². The van der Waals surface area contributed by atoms with Crippen LogP contribution in [0.5, 0.6) is 0 Å². The minimum Gasteiger partial charge on any atom is -0.392 e. The number of rotatable bonds is 9. The van der Waals surface area contributed by atoms with Crippen molar-refractivity contribution >= 4 is 0 Å². The van der Waals surface area contributed by atoms with Gasteiger partial charge < -0.3 is 10.4 Å². The summed E-state index contributed by atoms with van der Waals surface area (Å²) in [5, 5.41) is 13.1. The largest absolute Gasteiger partial charge is 0.392 e. The van der Waals surface area contributed by atoms with Crippen LogP contribution >= 0.6 is 0 Å². The van der Waals surface area contributed by atoms with Gasteiger partial charge in [-0.05, 0) is 25.2 Å². The predicted molar refractivity (Wildman–Crippen MR) is 67.1 cm³/mol. The minimum atomic E-state index is -0.166. The second kappa shape index (κ2) is 9.17. The maximum atomic E-state index is 9.62. The fraction of sp³-hybridized carbons (Fsp3) is 1.00. The van der Waals surface area contributed by atoms with Crippen LogP contribution < -0.4 is 5.32 Å². The molecule has 0 spiro atoms. The third kappa shape index (κ3) is 7.80. The normalized spacial score (nSPS) is 17.4. The first-order chi connectivity index (χ1) is 7.13. The molecule has 92 valence electrons. The fourth-order valence-corrected chi connectivity index (χ4v) is 1.78. The average molecular weight is 215 g/mol. The molecule has 0 saturated carbocycles. The van der Waals surface area contributed by atoms with Gasteiger partial charge in [-0.25, -0.2) is 0 Å². The van der Waals surface area contributed by atoms with E-state index in [1.807, 2.05) is 0 Å². The van der Waals surface area contributed by atoms with Gasteiger partial charge in [0.1, 0.15) is 0 Å². The van der Waals surface area contributed by atoms with Gasteiger partial charge in [-0.3, -0.25) is 0 Å². The topological polar surface area (TPSA) is 32.3 Å². The zero-order valence-electron chi connectivity index (χ0n) is 10.9. The lowest BCUT2D eigenvalue weighted by atomic mass is 9.97. The van der Waals surface area contributed by atoms with E-state index >= 15 is 0 Å². The fourth-order valence-electron chi connectivity index (χ4n) is 1.78. The summed E-state index contributed by atoms with van der Waals surface area (Å²) >= 11 is 0. The molecular weight excluding hydrogens is 186 g/mol. The molecule has 2 nitrogen and oxygen atoms in total. The SMILES string of the molecule is CCCC(O)CNC(CC)CC(C)CC. The highest BCUT2D eigenvalue weighted by atomic mass is 16.3. The molecule has 0 aliphatic heterocycles. The Morgan fingerprint density at radius 2 is 1.80 bits per heavy atom. The molecule has 0 aromatic rings. The molecular formula is C13H29NO. The van der Waals surface area contributed by atoms with E-state index in [9.17, 15) is 5.11 Å². The lowest BCUT2D eigenvalue weighted by Crippen LogP contribution is -2.36. The smallest absolute Gasteiger partial charge is 0.0664 e. The Morgan fingerprint density at radius 3 is 2.27 bits per heavy atom. The van der Waals surface area contributed by atoms with Gasteiger partial charge in [-0.2, -0.15) is 0 Å². The van der Waals surface area contributed by atoms with E-state index in [1.165, 1.54) is 12.8 Å². The summed E-state index contributed by atoms with van der Waals surface area (Å²) in [6, 6.07) is 0.575. The van der Waals surface area contributed by atoms with Gasteiger partial charge in [0.2, 0.25) is 0 Å². The van der Waals surface area contributed by atoms with Crippen molar-refractivity contribution < 1.29 is 5.11 Å². The summed E-state index contributed by atoms with van der Waals surface area (Å²) in [6.45, 7) is 9.62. The molecule has 0 aromatic heterocycles. The van der Waals surface area contributed by atoms with Crippen LogP contribution in [0.25, 0.3) is 0 Å². The predicted octanol–water partition coefficient (Wildman–Crippen LogP) is 2.95. The van der Waals surface area contributed by atoms with Gasteiger partial charge >= 0.3 is 0 Å². The van der Waals surface area contributed by atoms with Crippen molar-refractivity contribution in [1.82, 2.24) is 5.32 Å². The lowest BCUT2D eigenvalue weighted by molar-refractivity contribution is 0.153. The van der Waals surface area contributed by atoms with E-state index in [1.54, 1.807) is 0 Å². The van der Waals surface area contributed by atoms with Crippen LogP contribution in [-0.2, 0) is 0 Å². The highest BCUT2D eigenvalue weighted by Gasteiger charge is 2.11. The number of aliphatic hydroxyl groups is 1. The molecule has 0 aliphatic carbocycles. The highest BCUT2D eigenvalue weighted by Crippen LogP contribution is 2.12. The van der Waals surface area contributed by atoms with E-state index in [0.29, 0.717) is 6.04 Å². The van der Waals surface area contributed by atoms with Crippen molar-refractivity contribution in [2.45, 2.75) is 71.9 Å². The van der Waals surface area contributed by atoms with Crippen LogP contribution in [-0.4, -0.2) is 23.8 Å². The first-order valence-electron chi connectivity index (χ1n) is 6.55. The molecule has 0 radical (unpaired) electrons. The molecule has 0 aliphatic rings. The molecule has 0 aromatic carbocycles. The van der Waals surface area contributed by atoms with Crippen molar-refractivity contribution in [3.63, 3.8) is 0 Å². The van der Waals surface area contributed by atoms with Crippen LogP contribution in [0.4, 0.5) is 0 Å². The Labute approximate surface area is 95.5 Å². The monoisotopic (exact) mass is 215 g/mol. The van der Waals surface area contributed by atoms with E-state index in [4.69, 9.17) is 0 Å². The van der Waals surface area contributed by atoms with Crippen molar-refractivity contribution in [1.29, 1.82) is 0 Å². The highest BCUT2D eigenvalue weighted by molar-refractivity contribution is 4.70. The zero-order valence-corrected chi connectivity index (χ0v) is 10.9. The van der Waals surface area contributed by atoms with Crippen LogP contribution in [0.1, 0.15) is 59.8 Å². The Kier molecular flexibility index (Phi) is 9.12. The number of aliphatic hydroxyl groups excluding tert-OH is 1. The molecule has 0 bridgehead atoms. The standard InChI is InChI=1S/C13H29NO/c1-5-8-13(15)10-14-12(7-3)9-11(4)6-2/h11-15H,5-10H2,1-4H3. The van der Waals surface area contributed by atoms with E-state index < -0.39 is 0 Å². The Morgan fingerprint density at radius 1 is 1.13 bits per heavy atom. The minimum absolute atomic E-state index is 0.166. The molecule has 15 heavy (non-hydrogen) atoms. The van der Waals surface area contributed by atoms with Gasteiger partial charge in [-0.1, -0.05) is 40.5 Å². The van der Waals surface area contributed by atoms with Crippen molar-refractivity contribution in [2.75, 3.05) is 6.54 Å². The van der Waals surface area contributed by atoms with Crippen LogP contribution in [0, 0.1) is 5.92 Å². The third-order valence-corrected chi connectivity index (χ3v) is 3.14. The van der Waals surface area contributed by atoms with Gasteiger partial charge in [0.05, 0.1) is 6.10 Å². The molecule has 0 heterocycles. The van der Waals surface area contributed by atoms with Gasteiger partial charge in [-0.15, -0.1) is 0 Å². The molecule has 3 unspecified atom stereocenters. The number of hydrogen-bond acceptors (Lipinski definition) is 2. The van der Waals surface area contributed by atoms with Crippen molar-refractivity contribution in [2.24, 2.45) is 5.92 Å². The van der Waals surface area contributed by atoms with Gasteiger partial charge in [0.25, 0.3) is 0 Å². The van der Waals surface area contributed by atoms with Gasteiger partial charge in [0, 0.05) is 12.6 Å². The molecule has 0 saturated heterocycles. The average Bonchev–Trinajstić information content (AvgIpc) is 2.24. The molecule has 0 amide bonds.